The van der Waals surface area contributed by atoms with Crippen LogP contribution in [-0.4, -0.2) is 29.9 Å². The molecule has 0 aliphatic carbocycles. The Labute approximate surface area is 177 Å². The second-order valence-electron chi connectivity index (χ2n) is 7.12. The van der Waals surface area contributed by atoms with Gasteiger partial charge < -0.3 is 10.6 Å². The summed E-state index contributed by atoms with van der Waals surface area (Å²) in [6.45, 7) is 1.18. The molecule has 3 aromatic rings. The van der Waals surface area contributed by atoms with Crippen LogP contribution in [0.3, 0.4) is 0 Å². The lowest BCUT2D eigenvalue weighted by molar-refractivity contribution is 0.0937. The molecule has 1 aromatic heterocycles. The second-order valence-corrected chi connectivity index (χ2v) is 7.12. The number of rotatable bonds is 10. The van der Waals surface area contributed by atoms with Gasteiger partial charge in [-0.1, -0.05) is 60.7 Å². The van der Waals surface area contributed by atoms with Gasteiger partial charge in [0.15, 0.2) is 0 Å². The molecule has 0 saturated heterocycles. The summed E-state index contributed by atoms with van der Waals surface area (Å²) in [6, 6.07) is 23.6. The highest BCUT2D eigenvalue weighted by molar-refractivity contribution is 5.96. The Morgan fingerprint density at radius 2 is 1.20 bits per heavy atom. The molecule has 0 atom stereocenters. The minimum absolute atomic E-state index is 0.176. The van der Waals surface area contributed by atoms with Crippen molar-refractivity contribution >= 4 is 11.8 Å². The van der Waals surface area contributed by atoms with Crippen molar-refractivity contribution in [2.75, 3.05) is 13.1 Å². The molecule has 30 heavy (non-hydrogen) atoms. The summed E-state index contributed by atoms with van der Waals surface area (Å²) in [6.07, 6.45) is 5.01. The van der Waals surface area contributed by atoms with Gasteiger partial charge in [0.2, 0.25) is 0 Å². The van der Waals surface area contributed by atoms with E-state index in [-0.39, 0.29) is 11.8 Å². The van der Waals surface area contributed by atoms with Crippen LogP contribution in [0.5, 0.6) is 0 Å². The molecule has 154 valence electrons. The van der Waals surface area contributed by atoms with Crippen LogP contribution in [0, 0.1) is 0 Å². The summed E-state index contributed by atoms with van der Waals surface area (Å²) in [5.74, 6) is -0.400. The Bertz CT molecular complexity index is 847. The normalized spacial score (nSPS) is 10.4. The van der Waals surface area contributed by atoms with Gasteiger partial charge in [0, 0.05) is 19.3 Å². The first-order valence-corrected chi connectivity index (χ1v) is 10.3. The van der Waals surface area contributed by atoms with Crippen molar-refractivity contribution < 1.29 is 9.59 Å². The highest BCUT2D eigenvalue weighted by Crippen LogP contribution is 2.04. The van der Waals surface area contributed by atoms with E-state index in [0.29, 0.717) is 24.3 Å². The van der Waals surface area contributed by atoms with Crippen molar-refractivity contribution in [1.29, 1.82) is 0 Å². The molecule has 0 fully saturated rings. The van der Waals surface area contributed by atoms with Gasteiger partial charge in [-0.15, -0.1) is 0 Å². The van der Waals surface area contributed by atoms with Crippen LogP contribution in [0.4, 0.5) is 0 Å². The highest BCUT2D eigenvalue weighted by Gasteiger charge is 2.10. The molecule has 5 nitrogen and oxygen atoms in total. The summed E-state index contributed by atoms with van der Waals surface area (Å²) in [7, 11) is 0. The summed E-state index contributed by atoms with van der Waals surface area (Å²) in [4.78, 5) is 28.6. The topological polar surface area (TPSA) is 71.1 Å². The first-order chi connectivity index (χ1) is 14.7. The summed E-state index contributed by atoms with van der Waals surface area (Å²) < 4.78 is 0. The molecule has 2 amide bonds. The summed E-state index contributed by atoms with van der Waals surface area (Å²) in [5.41, 5.74) is 3.28. The smallest absolute Gasteiger partial charge is 0.269 e. The number of benzene rings is 2. The molecule has 0 aliphatic rings. The molecule has 0 saturated carbocycles. The number of hydrogen-bond acceptors (Lipinski definition) is 3. The van der Waals surface area contributed by atoms with E-state index in [4.69, 9.17) is 0 Å². The van der Waals surface area contributed by atoms with E-state index in [0.717, 1.165) is 25.7 Å². The Morgan fingerprint density at radius 3 is 1.70 bits per heavy atom. The Balaban J connectivity index is 1.36. The maximum absolute atomic E-state index is 12.2. The number of nitrogens with zero attached hydrogens (tertiary/aromatic N) is 1. The van der Waals surface area contributed by atoms with Crippen LogP contribution >= 0.6 is 0 Å². The van der Waals surface area contributed by atoms with E-state index in [1.165, 1.54) is 17.3 Å². The van der Waals surface area contributed by atoms with Crippen LogP contribution in [0.15, 0.2) is 79.0 Å². The average molecular weight is 402 g/mol. The second kappa shape index (κ2) is 11.5. The largest absolute Gasteiger partial charge is 0.352 e. The standard InChI is InChI=1S/C25H27N3O2/c29-24(26-17-7-13-20-9-3-1-4-10-20)22-15-16-23(28-19-22)25(30)27-18-8-14-21-11-5-2-6-12-21/h1-6,9-12,15-16,19H,7-8,13-14,17-18H2,(H,26,29)(H,27,30). The van der Waals surface area contributed by atoms with Crippen molar-refractivity contribution in [2.45, 2.75) is 25.7 Å². The third-order valence-electron chi connectivity index (χ3n) is 4.80. The fourth-order valence-electron chi connectivity index (χ4n) is 3.13. The van der Waals surface area contributed by atoms with Gasteiger partial charge in [-0.05, 0) is 48.9 Å². The van der Waals surface area contributed by atoms with Gasteiger partial charge in [-0.25, -0.2) is 0 Å². The predicted molar refractivity (Wildman–Crippen MR) is 118 cm³/mol. The zero-order valence-electron chi connectivity index (χ0n) is 17.0. The first-order valence-electron chi connectivity index (χ1n) is 10.3. The molecule has 5 heteroatoms. The highest BCUT2D eigenvalue weighted by atomic mass is 16.2. The van der Waals surface area contributed by atoms with E-state index < -0.39 is 0 Å². The molecule has 2 aromatic carbocycles. The van der Waals surface area contributed by atoms with Crippen LogP contribution in [0.2, 0.25) is 0 Å². The van der Waals surface area contributed by atoms with E-state index in [9.17, 15) is 9.59 Å². The van der Waals surface area contributed by atoms with Crippen molar-refractivity contribution in [2.24, 2.45) is 0 Å². The summed E-state index contributed by atoms with van der Waals surface area (Å²) in [5, 5.41) is 5.77. The van der Waals surface area contributed by atoms with Gasteiger partial charge in [0.25, 0.3) is 11.8 Å². The van der Waals surface area contributed by atoms with E-state index in [2.05, 4.69) is 39.9 Å². The number of carbonyl (C=O) groups excluding carboxylic acids is 2. The predicted octanol–water partition coefficient (Wildman–Crippen LogP) is 3.81. The van der Waals surface area contributed by atoms with Crippen LogP contribution < -0.4 is 10.6 Å². The molecule has 0 aliphatic heterocycles. The molecule has 0 spiro atoms. The van der Waals surface area contributed by atoms with Gasteiger partial charge in [-0.2, -0.15) is 0 Å². The fourth-order valence-corrected chi connectivity index (χ4v) is 3.13. The maximum atomic E-state index is 12.2. The number of hydrogen-bond donors (Lipinski definition) is 2. The van der Waals surface area contributed by atoms with Gasteiger partial charge >= 0.3 is 0 Å². The minimum atomic E-state index is -0.224. The molecule has 0 unspecified atom stereocenters. The molecule has 2 N–H and O–H groups in total. The Hall–Kier alpha value is -3.47. The van der Waals surface area contributed by atoms with Crippen molar-refractivity contribution in [3.8, 4) is 0 Å². The zero-order valence-corrected chi connectivity index (χ0v) is 17.0. The van der Waals surface area contributed by atoms with Crippen molar-refractivity contribution in [3.05, 3.63) is 101 Å². The van der Waals surface area contributed by atoms with Crippen molar-refractivity contribution in [3.63, 3.8) is 0 Å². The average Bonchev–Trinajstić information content (AvgIpc) is 2.81. The number of amides is 2. The van der Waals surface area contributed by atoms with Crippen LogP contribution in [0.1, 0.15) is 44.8 Å². The van der Waals surface area contributed by atoms with E-state index in [1.807, 2.05) is 36.4 Å². The quantitative estimate of drug-likeness (QED) is 0.508. The molecular formula is C25H27N3O2. The van der Waals surface area contributed by atoms with Crippen LogP contribution in [0.25, 0.3) is 0 Å². The lowest BCUT2D eigenvalue weighted by Crippen LogP contribution is -2.27. The third-order valence-corrected chi connectivity index (χ3v) is 4.80. The van der Waals surface area contributed by atoms with Crippen molar-refractivity contribution in [1.82, 2.24) is 15.6 Å². The minimum Gasteiger partial charge on any atom is -0.352 e. The molecule has 1 heterocycles. The maximum Gasteiger partial charge on any atom is 0.269 e. The number of carbonyl (C=O) groups is 2. The third kappa shape index (κ3) is 6.85. The molecule has 3 rings (SSSR count). The molecular weight excluding hydrogens is 374 g/mol. The van der Waals surface area contributed by atoms with E-state index >= 15 is 0 Å². The monoisotopic (exact) mass is 401 g/mol. The molecule has 0 radical (unpaired) electrons. The SMILES string of the molecule is O=C(NCCCc1ccccc1)c1ccc(C(=O)NCCCc2ccccc2)nc1. The fraction of sp³-hybridized carbons (Fsp3) is 0.240. The number of nitrogens with one attached hydrogen (secondary N) is 2. The van der Waals surface area contributed by atoms with Gasteiger partial charge in [0.05, 0.1) is 5.56 Å². The Kier molecular flexibility index (Phi) is 8.15. The Morgan fingerprint density at radius 1 is 0.667 bits per heavy atom. The lowest BCUT2D eigenvalue weighted by atomic mass is 10.1. The van der Waals surface area contributed by atoms with Gasteiger partial charge in [0.1, 0.15) is 5.69 Å². The zero-order chi connectivity index (χ0) is 21.0. The van der Waals surface area contributed by atoms with E-state index in [1.54, 1.807) is 12.1 Å². The molecule has 0 bridgehead atoms. The number of aryl methyl sites for hydroxylation is 2. The summed E-state index contributed by atoms with van der Waals surface area (Å²) >= 11 is 0. The number of pyridine rings is 1. The lowest BCUT2D eigenvalue weighted by Gasteiger charge is -2.07. The van der Waals surface area contributed by atoms with Crippen LogP contribution in [-0.2, 0) is 12.8 Å². The first kappa shape index (κ1) is 21.2. The number of aromatic nitrogens is 1. The van der Waals surface area contributed by atoms with Gasteiger partial charge in [-0.3, -0.25) is 14.6 Å².